The maximum absolute atomic E-state index is 11.9. The highest BCUT2D eigenvalue weighted by molar-refractivity contribution is 7.90. The van der Waals surface area contributed by atoms with Crippen LogP contribution in [-0.4, -0.2) is 36.0 Å². The van der Waals surface area contributed by atoms with Crippen LogP contribution in [0.15, 0.2) is 28.8 Å². The summed E-state index contributed by atoms with van der Waals surface area (Å²) in [7, 11) is -3.38. The van der Waals surface area contributed by atoms with E-state index in [9.17, 15) is 8.42 Å². The number of hydrogen-bond acceptors (Lipinski definition) is 6. The molecule has 1 heterocycles. The maximum atomic E-state index is 11.9. The fourth-order valence-corrected chi connectivity index (χ4v) is 3.53. The molecule has 0 aliphatic heterocycles. The van der Waals surface area contributed by atoms with Gasteiger partial charge >= 0.3 is 0 Å². The van der Waals surface area contributed by atoms with Crippen LogP contribution < -0.4 is 0 Å². The molecular formula is C14H18N2O4S. The highest BCUT2D eigenvalue weighted by Crippen LogP contribution is 2.18. The summed E-state index contributed by atoms with van der Waals surface area (Å²) < 4.78 is 28.9. The molecule has 0 amide bonds. The lowest BCUT2D eigenvalue weighted by molar-refractivity contribution is 0.249. The first-order chi connectivity index (χ1) is 9.89. The van der Waals surface area contributed by atoms with Gasteiger partial charge < -0.3 is 9.63 Å². The average Bonchev–Trinajstić information content (AvgIpc) is 2.85. The molecule has 0 aliphatic rings. The van der Waals surface area contributed by atoms with E-state index >= 15 is 0 Å². The number of aliphatic hydroxyl groups is 1. The fourth-order valence-electron chi connectivity index (χ4n) is 1.95. The Balaban J connectivity index is 2.14. The second-order valence-corrected chi connectivity index (χ2v) is 7.33. The zero-order valence-electron chi connectivity index (χ0n) is 12.0. The van der Waals surface area contributed by atoms with Crippen molar-refractivity contribution in [3.8, 4) is 11.4 Å². The largest absolute Gasteiger partial charge is 0.396 e. The third-order valence-electron chi connectivity index (χ3n) is 2.94. The van der Waals surface area contributed by atoms with Crippen molar-refractivity contribution in [2.24, 2.45) is 5.92 Å². The van der Waals surface area contributed by atoms with Crippen molar-refractivity contribution in [1.29, 1.82) is 0 Å². The Morgan fingerprint density at radius 2 is 2.14 bits per heavy atom. The van der Waals surface area contributed by atoms with Gasteiger partial charge in [0, 0.05) is 12.2 Å². The van der Waals surface area contributed by atoms with Crippen molar-refractivity contribution < 1.29 is 18.0 Å². The van der Waals surface area contributed by atoms with E-state index in [1.165, 1.54) is 0 Å². The molecular weight excluding hydrogens is 292 g/mol. The van der Waals surface area contributed by atoms with Crippen LogP contribution in [0.2, 0.25) is 0 Å². The normalized spacial score (nSPS) is 13.3. The molecule has 21 heavy (non-hydrogen) atoms. The Morgan fingerprint density at radius 1 is 1.38 bits per heavy atom. The molecule has 2 aromatic rings. The summed E-state index contributed by atoms with van der Waals surface area (Å²) >= 11 is 0. The van der Waals surface area contributed by atoms with Crippen LogP contribution in [0.25, 0.3) is 11.4 Å². The summed E-state index contributed by atoms with van der Waals surface area (Å²) in [5, 5.41) is 12.7. The molecule has 1 aromatic carbocycles. The van der Waals surface area contributed by atoms with Gasteiger partial charge in [-0.05, 0) is 18.9 Å². The van der Waals surface area contributed by atoms with Gasteiger partial charge in [0.2, 0.25) is 11.7 Å². The van der Waals surface area contributed by atoms with Gasteiger partial charge in [-0.2, -0.15) is 4.98 Å². The van der Waals surface area contributed by atoms with Gasteiger partial charge in [0.1, 0.15) is 5.75 Å². The first-order valence-electron chi connectivity index (χ1n) is 6.60. The van der Waals surface area contributed by atoms with Crippen LogP contribution in [0.5, 0.6) is 0 Å². The molecule has 6 nitrogen and oxygen atoms in total. The molecule has 0 aliphatic carbocycles. The van der Waals surface area contributed by atoms with Crippen LogP contribution >= 0.6 is 0 Å². The van der Waals surface area contributed by atoms with Gasteiger partial charge in [-0.25, -0.2) is 8.42 Å². The number of benzene rings is 1. The Labute approximate surface area is 123 Å². The average molecular weight is 310 g/mol. The third kappa shape index (κ3) is 4.37. The second kappa shape index (κ2) is 6.36. The molecule has 0 radical (unpaired) electrons. The van der Waals surface area contributed by atoms with E-state index < -0.39 is 9.84 Å². The predicted octanol–water partition coefficient (Wildman–Crippen LogP) is 1.59. The number of rotatable bonds is 6. The Bertz CT molecular complexity index is 709. The summed E-state index contributed by atoms with van der Waals surface area (Å²) in [6.07, 6.45) is 0. The van der Waals surface area contributed by atoms with E-state index in [1.54, 1.807) is 6.92 Å². The van der Waals surface area contributed by atoms with Gasteiger partial charge in [0.15, 0.2) is 9.84 Å². The highest BCUT2D eigenvalue weighted by atomic mass is 32.2. The van der Waals surface area contributed by atoms with Gasteiger partial charge in [-0.1, -0.05) is 35.8 Å². The van der Waals surface area contributed by atoms with Gasteiger partial charge in [-0.3, -0.25) is 0 Å². The van der Waals surface area contributed by atoms with Gasteiger partial charge in [-0.15, -0.1) is 0 Å². The molecule has 0 spiro atoms. The van der Waals surface area contributed by atoms with Crippen LogP contribution in [0.3, 0.4) is 0 Å². The van der Waals surface area contributed by atoms with Gasteiger partial charge in [0.05, 0.1) is 5.75 Å². The minimum atomic E-state index is -3.38. The Kier molecular flexibility index (Phi) is 4.74. The van der Waals surface area contributed by atoms with Crippen molar-refractivity contribution in [3.63, 3.8) is 0 Å². The summed E-state index contributed by atoms with van der Waals surface area (Å²) in [6.45, 7) is 3.45. The monoisotopic (exact) mass is 310 g/mol. The number of aromatic nitrogens is 2. The number of aliphatic hydroxyl groups excluding tert-OH is 1. The number of nitrogens with zero attached hydrogens (tertiary/aromatic N) is 2. The predicted molar refractivity (Wildman–Crippen MR) is 78.2 cm³/mol. The Morgan fingerprint density at radius 3 is 2.81 bits per heavy atom. The first-order valence-corrected chi connectivity index (χ1v) is 8.42. The lowest BCUT2D eigenvalue weighted by Gasteiger charge is -2.06. The number of sulfone groups is 1. The number of aryl methyl sites for hydroxylation is 1. The molecule has 1 aromatic heterocycles. The molecule has 0 fully saturated rings. The van der Waals surface area contributed by atoms with Gasteiger partial charge in [0.25, 0.3) is 0 Å². The van der Waals surface area contributed by atoms with Crippen molar-refractivity contribution >= 4 is 9.84 Å². The summed E-state index contributed by atoms with van der Waals surface area (Å²) in [5.74, 6) is -0.285. The van der Waals surface area contributed by atoms with Crippen molar-refractivity contribution in [2.75, 3.05) is 12.4 Å². The van der Waals surface area contributed by atoms with Crippen LogP contribution in [0.1, 0.15) is 18.4 Å². The van der Waals surface area contributed by atoms with E-state index in [-0.39, 0.29) is 29.9 Å². The van der Waals surface area contributed by atoms with E-state index in [4.69, 9.17) is 9.63 Å². The summed E-state index contributed by atoms with van der Waals surface area (Å²) in [5.41, 5.74) is 1.84. The first kappa shape index (κ1) is 15.7. The van der Waals surface area contributed by atoms with E-state index in [2.05, 4.69) is 10.1 Å². The van der Waals surface area contributed by atoms with Crippen molar-refractivity contribution in [2.45, 2.75) is 19.6 Å². The smallest absolute Gasteiger partial charge is 0.242 e. The number of hydrogen-bond donors (Lipinski definition) is 1. The quantitative estimate of drug-likeness (QED) is 0.871. The highest BCUT2D eigenvalue weighted by Gasteiger charge is 2.20. The lowest BCUT2D eigenvalue weighted by atomic mass is 10.1. The van der Waals surface area contributed by atoms with Crippen molar-refractivity contribution in [3.05, 3.63) is 35.7 Å². The SMILES string of the molecule is Cc1cccc(-c2noc(CS(=O)(=O)CC(C)CO)n2)c1. The minimum Gasteiger partial charge on any atom is -0.396 e. The second-order valence-electron chi connectivity index (χ2n) is 5.22. The lowest BCUT2D eigenvalue weighted by Crippen LogP contribution is -2.18. The van der Waals surface area contributed by atoms with E-state index in [0.29, 0.717) is 5.82 Å². The molecule has 0 saturated carbocycles. The Hall–Kier alpha value is -1.73. The minimum absolute atomic E-state index is 0.0663. The molecule has 114 valence electrons. The van der Waals surface area contributed by atoms with E-state index in [1.807, 2.05) is 31.2 Å². The topological polar surface area (TPSA) is 93.3 Å². The molecule has 7 heteroatoms. The van der Waals surface area contributed by atoms with Crippen LogP contribution in [-0.2, 0) is 15.6 Å². The molecule has 1 atom stereocenters. The zero-order valence-corrected chi connectivity index (χ0v) is 12.8. The molecule has 1 unspecified atom stereocenters. The summed E-state index contributed by atoms with van der Waals surface area (Å²) in [4.78, 5) is 4.12. The molecule has 1 N–H and O–H groups in total. The maximum Gasteiger partial charge on any atom is 0.242 e. The standard InChI is InChI=1S/C14H18N2O4S/c1-10-4-3-5-12(6-10)14-15-13(20-16-14)9-21(18,19)8-11(2)7-17/h3-6,11,17H,7-9H2,1-2H3. The molecule has 2 rings (SSSR count). The molecule has 0 saturated heterocycles. The molecule has 0 bridgehead atoms. The van der Waals surface area contributed by atoms with Crippen LogP contribution in [0.4, 0.5) is 0 Å². The van der Waals surface area contributed by atoms with Crippen LogP contribution in [0, 0.1) is 12.8 Å². The fraction of sp³-hybridized carbons (Fsp3) is 0.429. The third-order valence-corrected chi connectivity index (χ3v) is 4.70. The summed E-state index contributed by atoms with van der Waals surface area (Å²) in [6, 6.07) is 7.56. The zero-order chi connectivity index (χ0) is 15.5. The van der Waals surface area contributed by atoms with Crippen molar-refractivity contribution in [1.82, 2.24) is 10.1 Å². The van der Waals surface area contributed by atoms with E-state index in [0.717, 1.165) is 11.1 Å².